The Morgan fingerprint density at radius 3 is 2.47 bits per heavy atom. The monoisotopic (exact) mass is 326 g/mol. The van der Waals surface area contributed by atoms with Gasteiger partial charge in [0.25, 0.3) is 0 Å². The van der Waals surface area contributed by atoms with Gasteiger partial charge in [-0.05, 0) is 35.0 Å². The van der Waals surface area contributed by atoms with Crippen LogP contribution in [0.3, 0.4) is 0 Å². The molecule has 4 heteroatoms. The molecule has 0 saturated heterocycles. The fourth-order valence-corrected chi connectivity index (χ4v) is 2.30. The lowest BCUT2D eigenvalue weighted by Gasteiger charge is -2.04. The maximum Gasteiger partial charge on any atom is 0.127 e. The van der Waals surface area contributed by atoms with E-state index in [2.05, 4.69) is 41.8 Å². The molecule has 0 spiro atoms. The normalized spacial score (nSPS) is 10.3. The topological polar surface area (TPSA) is 25.8 Å². The van der Waals surface area contributed by atoms with Crippen molar-refractivity contribution in [2.45, 2.75) is 6.92 Å². The van der Waals surface area contributed by atoms with Crippen LogP contribution in [-0.2, 0) is 0 Å². The first-order valence-corrected chi connectivity index (χ1v) is 6.01. The van der Waals surface area contributed by atoms with E-state index >= 15 is 0 Å². The number of aryl methyl sites for hydroxylation is 1. The second kappa shape index (κ2) is 4.41. The molecular formula is C11H8Br2N2. The Balaban J connectivity index is 2.59. The molecule has 0 aliphatic carbocycles. The van der Waals surface area contributed by atoms with Gasteiger partial charge in [-0.1, -0.05) is 34.1 Å². The molecule has 0 atom stereocenters. The quantitative estimate of drug-likeness (QED) is 0.740. The zero-order chi connectivity index (χ0) is 10.8. The van der Waals surface area contributed by atoms with E-state index in [0.29, 0.717) is 0 Å². The van der Waals surface area contributed by atoms with Gasteiger partial charge in [0.15, 0.2) is 0 Å². The van der Waals surface area contributed by atoms with E-state index < -0.39 is 0 Å². The number of aromatic nitrogens is 2. The fourth-order valence-electron chi connectivity index (χ4n) is 1.34. The standard InChI is InChI=1S/C11H8Br2N2/c1-7-14-10(6-11(13)15-7)8-4-2-3-5-9(8)12/h2-6H,1H3. The van der Waals surface area contributed by atoms with E-state index in [0.717, 1.165) is 26.2 Å². The summed E-state index contributed by atoms with van der Waals surface area (Å²) in [5.74, 6) is 0.759. The lowest BCUT2D eigenvalue weighted by atomic mass is 10.1. The summed E-state index contributed by atoms with van der Waals surface area (Å²) in [7, 11) is 0. The van der Waals surface area contributed by atoms with Gasteiger partial charge in [0, 0.05) is 10.0 Å². The second-order valence-electron chi connectivity index (χ2n) is 3.10. The Labute approximate surface area is 105 Å². The van der Waals surface area contributed by atoms with E-state index in [1.165, 1.54) is 0 Å². The van der Waals surface area contributed by atoms with Crippen LogP contribution in [0.15, 0.2) is 39.4 Å². The Hall–Kier alpha value is -0.740. The van der Waals surface area contributed by atoms with E-state index in [1.54, 1.807) is 0 Å². The third kappa shape index (κ3) is 2.44. The first kappa shape index (κ1) is 10.8. The van der Waals surface area contributed by atoms with Gasteiger partial charge in [-0.15, -0.1) is 0 Å². The summed E-state index contributed by atoms with van der Waals surface area (Å²) in [6.45, 7) is 1.88. The molecule has 2 rings (SSSR count). The van der Waals surface area contributed by atoms with Crippen molar-refractivity contribution in [3.63, 3.8) is 0 Å². The molecule has 0 amide bonds. The second-order valence-corrected chi connectivity index (χ2v) is 4.77. The Kier molecular flexibility index (Phi) is 3.17. The third-order valence-electron chi connectivity index (χ3n) is 1.96. The van der Waals surface area contributed by atoms with Crippen molar-refractivity contribution in [1.82, 2.24) is 9.97 Å². The van der Waals surface area contributed by atoms with Gasteiger partial charge < -0.3 is 0 Å². The minimum atomic E-state index is 0.759. The Morgan fingerprint density at radius 2 is 1.80 bits per heavy atom. The van der Waals surface area contributed by atoms with Gasteiger partial charge in [-0.2, -0.15) is 0 Å². The molecule has 0 radical (unpaired) electrons. The summed E-state index contributed by atoms with van der Waals surface area (Å²) in [6.07, 6.45) is 0. The molecule has 2 aromatic rings. The molecular weight excluding hydrogens is 320 g/mol. The molecule has 76 valence electrons. The predicted octanol–water partition coefficient (Wildman–Crippen LogP) is 3.98. The SMILES string of the molecule is Cc1nc(Br)cc(-c2ccccc2Br)n1. The molecule has 0 unspecified atom stereocenters. The average molecular weight is 328 g/mol. The summed E-state index contributed by atoms with van der Waals surface area (Å²) in [5, 5.41) is 0. The molecule has 2 nitrogen and oxygen atoms in total. The summed E-state index contributed by atoms with van der Waals surface area (Å²) in [6, 6.07) is 9.91. The van der Waals surface area contributed by atoms with Crippen molar-refractivity contribution in [2.24, 2.45) is 0 Å². The molecule has 0 aliphatic rings. The van der Waals surface area contributed by atoms with Gasteiger partial charge in [0.2, 0.25) is 0 Å². The first-order chi connectivity index (χ1) is 7.16. The zero-order valence-corrected chi connectivity index (χ0v) is 11.2. The minimum Gasteiger partial charge on any atom is -0.233 e. The molecule has 0 saturated carbocycles. The molecule has 0 bridgehead atoms. The van der Waals surface area contributed by atoms with Crippen molar-refractivity contribution >= 4 is 31.9 Å². The highest BCUT2D eigenvalue weighted by Crippen LogP contribution is 2.27. The zero-order valence-electron chi connectivity index (χ0n) is 8.04. The number of benzene rings is 1. The van der Waals surface area contributed by atoms with E-state index in [9.17, 15) is 0 Å². The minimum absolute atomic E-state index is 0.759. The summed E-state index contributed by atoms with van der Waals surface area (Å²) >= 11 is 6.87. The van der Waals surface area contributed by atoms with Crippen molar-refractivity contribution < 1.29 is 0 Å². The number of halogens is 2. The molecule has 1 heterocycles. The number of nitrogens with zero attached hydrogens (tertiary/aromatic N) is 2. The van der Waals surface area contributed by atoms with Crippen molar-refractivity contribution in [3.05, 3.63) is 45.2 Å². The van der Waals surface area contributed by atoms with Gasteiger partial charge in [-0.25, -0.2) is 9.97 Å². The fraction of sp³-hybridized carbons (Fsp3) is 0.0909. The predicted molar refractivity (Wildman–Crippen MR) is 67.6 cm³/mol. The van der Waals surface area contributed by atoms with Crippen molar-refractivity contribution in [1.29, 1.82) is 0 Å². The smallest absolute Gasteiger partial charge is 0.127 e. The van der Waals surface area contributed by atoms with E-state index in [4.69, 9.17) is 0 Å². The highest BCUT2D eigenvalue weighted by atomic mass is 79.9. The highest BCUT2D eigenvalue weighted by molar-refractivity contribution is 9.10. The van der Waals surface area contributed by atoms with Crippen LogP contribution >= 0.6 is 31.9 Å². The lowest BCUT2D eigenvalue weighted by molar-refractivity contribution is 1.04. The van der Waals surface area contributed by atoms with Crippen LogP contribution < -0.4 is 0 Å². The van der Waals surface area contributed by atoms with Crippen molar-refractivity contribution in [3.8, 4) is 11.3 Å². The van der Waals surface area contributed by atoms with Gasteiger partial charge in [-0.3, -0.25) is 0 Å². The number of rotatable bonds is 1. The largest absolute Gasteiger partial charge is 0.233 e. The molecule has 0 N–H and O–H groups in total. The maximum atomic E-state index is 4.39. The molecule has 1 aromatic carbocycles. The molecule has 0 fully saturated rings. The van der Waals surface area contributed by atoms with Gasteiger partial charge >= 0.3 is 0 Å². The Bertz CT molecular complexity index is 477. The summed E-state index contributed by atoms with van der Waals surface area (Å²) < 4.78 is 1.84. The van der Waals surface area contributed by atoms with Crippen LogP contribution in [0.5, 0.6) is 0 Å². The van der Waals surface area contributed by atoms with E-state index in [1.807, 2.05) is 37.3 Å². The summed E-state index contributed by atoms with van der Waals surface area (Å²) in [5.41, 5.74) is 1.99. The molecule has 15 heavy (non-hydrogen) atoms. The Morgan fingerprint density at radius 1 is 1.07 bits per heavy atom. The van der Waals surface area contributed by atoms with E-state index in [-0.39, 0.29) is 0 Å². The average Bonchev–Trinajstić information content (AvgIpc) is 2.16. The third-order valence-corrected chi connectivity index (χ3v) is 3.05. The molecule has 0 aliphatic heterocycles. The van der Waals surface area contributed by atoms with Crippen LogP contribution in [0.2, 0.25) is 0 Å². The van der Waals surface area contributed by atoms with Gasteiger partial charge in [0.1, 0.15) is 10.4 Å². The lowest BCUT2D eigenvalue weighted by Crippen LogP contribution is -1.92. The number of hydrogen-bond acceptors (Lipinski definition) is 2. The van der Waals surface area contributed by atoms with Crippen LogP contribution in [0, 0.1) is 6.92 Å². The van der Waals surface area contributed by atoms with Gasteiger partial charge in [0.05, 0.1) is 5.69 Å². The van der Waals surface area contributed by atoms with Crippen molar-refractivity contribution in [2.75, 3.05) is 0 Å². The first-order valence-electron chi connectivity index (χ1n) is 4.43. The highest BCUT2D eigenvalue weighted by Gasteiger charge is 2.05. The summed E-state index contributed by atoms with van der Waals surface area (Å²) in [4.78, 5) is 8.57. The van der Waals surface area contributed by atoms with Crippen LogP contribution in [0.1, 0.15) is 5.82 Å². The van der Waals surface area contributed by atoms with Crippen LogP contribution in [0.25, 0.3) is 11.3 Å². The van der Waals surface area contributed by atoms with Crippen LogP contribution in [0.4, 0.5) is 0 Å². The van der Waals surface area contributed by atoms with Crippen LogP contribution in [-0.4, -0.2) is 9.97 Å². The maximum absolute atomic E-state index is 4.39. The molecule has 1 aromatic heterocycles. The number of hydrogen-bond donors (Lipinski definition) is 0.